The van der Waals surface area contributed by atoms with Crippen LogP contribution in [0.5, 0.6) is 0 Å². The quantitative estimate of drug-likeness (QED) is 0.529. The fourth-order valence-electron chi connectivity index (χ4n) is 2.68. The van der Waals surface area contributed by atoms with E-state index in [4.69, 9.17) is 17.4 Å². The molecule has 4 aromatic rings. The number of sulfonamides is 1. The number of nitrogens with zero attached hydrogens (tertiary/aromatic N) is 3. The minimum absolute atomic E-state index is 0.0293. The average molecular weight is 383 g/mol. The van der Waals surface area contributed by atoms with Crippen LogP contribution in [0.2, 0.25) is 0 Å². The van der Waals surface area contributed by atoms with Crippen LogP contribution in [0.3, 0.4) is 0 Å². The summed E-state index contributed by atoms with van der Waals surface area (Å²) in [5.74, 6) is 0.532. The zero-order chi connectivity index (χ0) is 18.3. The third-order valence-corrected chi connectivity index (χ3v) is 5.13. The van der Waals surface area contributed by atoms with Gasteiger partial charge >= 0.3 is 0 Å². The van der Waals surface area contributed by atoms with E-state index in [-0.39, 0.29) is 4.90 Å². The summed E-state index contributed by atoms with van der Waals surface area (Å²) in [6.07, 6.45) is 0. The van der Waals surface area contributed by atoms with Crippen LogP contribution in [0.25, 0.3) is 28.1 Å². The van der Waals surface area contributed by atoms with Gasteiger partial charge in [0.05, 0.1) is 16.1 Å². The summed E-state index contributed by atoms with van der Waals surface area (Å²) in [7, 11) is -3.76. The second kappa shape index (κ2) is 6.13. The first-order valence-electron chi connectivity index (χ1n) is 7.60. The molecule has 2 aromatic heterocycles. The maximum absolute atomic E-state index is 11.4. The van der Waals surface area contributed by atoms with E-state index in [0.29, 0.717) is 22.0 Å². The minimum Gasteiger partial charge on any atom is -0.267 e. The monoisotopic (exact) mass is 383 g/mol. The Morgan fingerprint density at radius 3 is 2.46 bits per heavy atom. The topological polar surface area (TPSA) is 107 Å². The van der Waals surface area contributed by atoms with Gasteiger partial charge in [0.15, 0.2) is 10.6 Å². The van der Waals surface area contributed by atoms with E-state index < -0.39 is 10.0 Å². The van der Waals surface area contributed by atoms with Gasteiger partial charge in [0, 0.05) is 5.39 Å². The summed E-state index contributed by atoms with van der Waals surface area (Å²) in [4.78, 5) is 4.67. The summed E-state index contributed by atoms with van der Waals surface area (Å²) in [5.41, 5.74) is 2.14. The summed E-state index contributed by atoms with van der Waals surface area (Å²) < 4.78 is 24.9. The zero-order valence-corrected chi connectivity index (χ0v) is 15.0. The van der Waals surface area contributed by atoms with E-state index in [1.54, 1.807) is 16.7 Å². The number of rotatable bonds is 3. The molecule has 0 radical (unpaired) electrons. The number of pyridine rings is 1. The molecule has 3 N–H and O–H groups in total. The van der Waals surface area contributed by atoms with Crippen molar-refractivity contribution in [1.82, 2.24) is 19.7 Å². The van der Waals surface area contributed by atoms with Gasteiger partial charge in [-0.25, -0.2) is 18.5 Å². The molecule has 0 aliphatic rings. The van der Waals surface area contributed by atoms with Crippen molar-refractivity contribution >= 4 is 33.1 Å². The smallest absolute Gasteiger partial charge is 0.238 e. The van der Waals surface area contributed by atoms with Crippen molar-refractivity contribution < 1.29 is 8.42 Å². The van der Waals surface area contributed by atoms with Gasteiger partial charge in [0.25, 0.3) is 0 Å². The lowest BCUT2D eigenvalue weighted by atomic mass is 10.2. The van der Waals surface area contributed by atoms with Crippen molar-refractivity contribution in [2.75, 3.05) is 0 Å². The van der Waals surface area contributed by atoms with E-state index >= 15 is 0 Å². The molecule has 0 spiro atoms. The van der Waals surface area contributed by atoms with Gasteiger partial charge in [-0.15, -0.1) is 0 Å². The SMILES string of the molecule is NS(=O)(=O)c1ccc(-n2c(-c3ccc4ccccc4n3)n[nH]c2=S)cc1. The minimum atomic E-state index is -3.76. The maximum atomic E-state index is 11.4. The predicted octanol–water partition coefficient (Wildman–Crippen LogP) is 2.79. The molecule has 7 nitrogen and oxygen atoms in total. The molecule has 26 heavy (non-hydrogen) atoms. The number of primary sulfonamides is 1. The molecule has 0 aliphatic heterocycles. The van der Waals surface area contributed by atoms with Crippen LogP contribution in [-0.2, 0) is 10.0 Å². The normalized spacial score (nSPS) is 11.7. The number of nitrogens with two attached hydrogens (primary N) is 1. The van der Waals surface area contributed by atoms with E-state index in [1.165, 1.54) is 12.1 Å². The van der Waals surface area contributed by atoms with Crippen molar-refractivity contribution in [1.29, 1.82) is 0 Å². The van der Waals surface area contributed by atoms with Gasteiger partial charge in [-0.1, -0.05) is 24.3 Å². The van der Waals surface area contributed by atoms with E-state index in [1.807, 2.05) is 36.4 Å². The molecule has 4 rings (SSSR count). The Bertz CT molecular complexity index is 1270. The molecule has 0 amide bonds. The molecule has 0 unspecified atom stereocenters. The molecule has 130 valence electrons. The van der Waals surface area contributed by atoms with Crippen LogP contribution < -0.4 is 5.14 Å². The Morgan fingerprint density at radius 1 is 1.00 bits per heavy atom. The van der Waals surface area contributed by atoms with Crippen molar-refractivity contribution in [3.63, 3.8) is 0 Å². The average Bonchev–Trinajstić information content (AvgIpc) is 3.02. The standard InChI is InChI=1S/C17H13N5O2S2/c18-26(23,24)13-8-6-12(7-9-13)22-16(20-21-17(22)25)15-10-5-11-3-1-2-4-14(11)19-15/h1-10H,(H,21,25)(H2,18,23,24). The Labute approximate surface area is 154 Å². The van der Waals surface area contributed by atoms with E-state index in [2.05, 4.69) is 15.2 Å². The molecular weight excluding hydrogens is 370 g/mol. The lowest BCUT2D eigenvalue weighted by molar-refractivity contribution is 0.598. The van der Waals surface area contributed by atoms with Crippen molar-refractivity contribution in [2.24, 2.45) is 5.14 Å². The Kier molecular flexibility index (Phi) is 3.91. The van der Waals surface area contributed by atoms with Gasteiger partial charge in [-0.05, 0) is 48.6 Å². The molecule has 0 fully saturated rings. The lowest BCUT2D eigenvalue weighted by Gasteiger charge is -2.08. The second-order valence-corrected chi connectivity index (χ2v) is 7.56. The molecule has 0 saturated carbocycles. The van der Waals surface area contributed by atoms with Crippen molar-refractivity contribution in [2.45, 2.75) is 4.90 Å². The first kappa shape index (κ1) is 16.6. The second-order valence-electron chi connectivity index (χ2n) is 5.62. The number of hydrogen-bond acceptors (Lipinski definition) is 5. The number of aromatic nitrogens is 4. The van der Waals surface area contributed by atoms with E-state index in [9.17, 15) is 8.42 Å². The first-order valence-corrected chi connectivity index (χ1v) is 9.56. The zero-order valence-electron chi connectivity index (χ0n) is 13.3. The fraction of sp³-hybridized carbons (Fsp3) is 0. The predicted molar refractivity (Wildman–Crippen MR) is 101 cm³/mol. The highest BCUT2D eigenvalue weighted by Gasteiger charge is 2.14. The van der Waals surface area contributed by atoms with Crippen LogP contribution >= 0.6 is 12.2 Å². The van der Waals surface area contributed by atoms with Crippen LogP contribution in [0.15, 0.2) is 65.6 Å². The molecular formula is C17H13N5O2S2. The number of fused-ring (bicyclic) bond motifs is 1. The summed E-state index contributed by atoms with van der Waals surface area (Å²) >= 11 is 5.33. The summed E-state index contributed by atoms with van der Waals surface area (Å²) in [6.45, 7) is 0. The van der Waals surface area contributed by atoms with Gasteiger partial charge < -0.3 is 0 Å². The number of para-hydroxylation sites is 1. The van der Waals surface area contributed by atoms with Crippen LogP contribution in [-0.4, -0.2) is 28.2 Å². The molecule has 0 saturated heterocycles. The molecule has 2 heterocycles. The van der Waals surface area contributed by atoms with Crippen LogP contribution in [0.1, 0.15) is 0 Å². The Morgan fingerprint density at radius 2 is 1.73 bits per heavy atom. The number of aromatic amines is 1. The Hall–Kier alpha value is -2.88. The highest BCUT2D eigenvalue weighted by Crippen LogP contribution is 2.23. The number of H-pyrrole nitrogens is 1. The number of benzene rings is 2. The summed E-state index contributed by atoms with van der Waals surface area (Å²) in [6, 6.07) is 17.7. The molecule has 2 aromatic carbocycles. The van der Waals surface area contributed by atoms with E-state index in [0.717, 1.165) is 10.9 Å². The molecule has 0 atom stereocenters. The molecule has 9 heteroatoms. The third-order valence-electron chi connectivity index (χ3n) is 3.92. The number of hydrogen-bond donors (Lipinski definition) is 2. The van der Waals surface area contributed by atoms with Crippen LogP contribution in [0.4, 0.5) is 0 Å². The van der Waals surface area contributed by atoms with Gasteiger partial charge in [0.2, 0.25) is 10.0 Å². The lowest BCUT2D eigenvalue weighted by Crippen LogP contribution is -2.12. The molecule has 0 aliphatic carbocycles. The highest BCUT2D eigenvalue weighted by atomic mass is 32.2. The first-order chi connectivity index (χ1) is 12.4. The Balaban J connectivity index is 1.86. The van der Waals surface area contributed by atoms with Gasteiger partial charge in [0.1, 0.15) is 5.69 Å². The largest absolute Gasteiger partial charge is 0.267 e. The van der Waals surface area contributed by atoms with Crippen LogP contribution in [0, 0.1) is 4.77 Å². The maximum Gasteiger partial charge on any atom is 0.238 e. The summed E-state index contributed by atoms with van der Waals surface area (Å²) in [5, 5.41) is 13.2. The fourth-order valence-corrected chi connectivity index (χ4v) is 3.44. The molecule has 0 bridgehead atoms. The van der Waals surface area contributed by atoms with Gasteiger partial charge in [-0.3, -0.25) is 9.67 Å². The number of nitrogens with one attached hydrogen (secondary N) is 1. The highest BCUT2D eigenvalue weighted by molar-refractivity contribution is 7.89. The third kappa shape index (κ3) is 2.92. The van der Waals surface area contributed by atoms with Gasteiger partial charge in [-0.2, -0.15) is 5.10 Å². The van der Waals surface area contributed by atoms with Crippen molar-refractivity contribution in [3.05, 3.63) is 65.4 Å². The van der Waals surface area contributed by atoms with Crippen molar-refractivity contribution in [3.8, 4) is 17.2 Å².